The fourth-order valence-corrected chi connectivity index (χ4v) is 2.32. The van der Waals surface area contributed by atoms with Crippen molar-refractivity contribution < 1.29 is 13.7 Å². The van der Waals surface area contributed by atoms with Crippen LogP contribution in [0.25, 0.3) is 11.0 Å². The number of furan rings is 1. The van der Waals surface area contributed by atoms with Crippen LogP contribution in [0.4, 0.5) is 4.79 Å². The summed E-state index contributed by atoms with van der Waals surface area (Å²) >= 11 is 0. The highest BCUT2D eigenvalue weighted by molar-refractivity contribution is 5.78. The molecule has 0 aliphatic heterocycles. The van der Waals surface area contributed by atoms with Gasteiger partial charge in [-0.2, -0.15) is 4.98 Å². The van der Waals surface area contributed by atoms with Crippen LogP contribution in [0.2, 0.25) is 0 Å². The van der Waals surface area contributed by atoms with Gasteiger partial charge < -0.3 is 19.6 Å². The summed E-state index contributed by atoms with van der Waals surface area (Å²) in [6.45, 7) is 8.09. The number of carbonyl (C=O) groups is 1. The third-order valence-corrected chi connectivity index (χ3v) is 3.73. The minimum atomic E-state index is -0.390. The highest BCUT2D eigenvalue weighted by Crippen LogP contribution is 2.21. The standard InChI is InChI=1S/C18H22N4O3/c1-11(15-21-16(22-25-15)18(2,3)4)20-17(23)19-10-13-9-12-7-5-6-8-14(12)24-13/h5-9,11H,10H2,1-4H3,(H2,19,20,23). The van der Waals surface area contributed by atoms with E-state index < -0.39 is 0 Å². The van der Waals surface area contributed by atoms with Gasteiger partial charge in [-0.05, 0) is 19.1 Å². The third-order valence-electron chi connectivity index (χ3n) is 3.73. The van der Waals surface area contributed by atoms with E-state index in [-0.39, 0.29) is 17.5 Å². The number of nitrogens with zero attached hydrogens (tertiary/aromatic N) is 2. The number of para-hydroxylation sites is 1. The molecule has 0 fully saturated rings. The van der Waals surface area contributed by atoms with Crippen LogP contribution in [0, 0.1) is 0 Å². The molecule has 0 saturated carbocycles. The fraction of sp³-hybridized carbons (Fsp3) is 0.389. The molecule has 0 spiro atoms. The molecule has 132 valence electrons. The summed E-state index contributed by atoms with van der Waals surface area (Å²) < 4.78 is 10.9. The number of aromatic nitrogens is 2. The molecule has 3 aromatic rings. The van der Waals surface area contributed by atoms with Crippen molar-refractivity contribution >= 4 is 17.0 Å². The van der Waals surface area contributed by atoms with Crippen molar-refractivity contribution in [2.75, 3.05) is 0 Å². The predicted octanol–water partition coefficient (Wildman–Crippen LogP) is 3.67. The molecule has 1 aromatic carbocycles. The van der Waals surface area contributed by atoms with Crippen LogP contribution in [-0.4, -0.2) is 16.2 Å². The van der Waals surface area contributed by atoms with E-state index in [1.165, 1.54) is 0 Å². The number of fused-ring (bicyclic) bond motifs is 1. The van der Waals surface area contributed by atoms with Gasteiger partial charge in [-0.3, -0.25) is 0 Å². The Kier molecular flexibility index (Phi) is 4.48. The largest absolute Gasteiger partial charge is 0.459 e. The molecule has 0 aliphatic rings. The number of rotatable bonds is 4. The van der Waals surface area contributed by atoms with E-state index in [2.05, 4.69) is 20.8 Å². The molecule has 0 aliphatic carbocycles. The van der Waals surface area contributed by atoms with E-state index in [4.69, 9.17) is 8.94 Å². The van der Waals surface area contributed by atoms with Crippen LogP contribution in [0.5, 0.6) is 0 Å². The normalized spacial score (nSPS) is 13.0. The number of hydrogen-bond donors (Lipinski definition) is 2. The van der Waals surface area contributed by atoms with Crippen molar-refractivity contribution in [3.05, 3.63) is 47.8 Å². The molecular weight excluding hydrogens is 320 g/mol. The minimum absolute atomic E-state index is 0.203. The smallest absolute Gasteiger partial charge is 0.315 e. The van der Waals surface area contributed by atoms with E-state index in [0.717, 1.165) is 11.0 Å². The molecule has 7 heteroatoms. The lowest BCUT2D eigenvalue weighted by molar-refractivity contribution is 0.233. The molecule has 1 atom stereocenters. The number of carbonyl (C=O) groups excluding carboxylic acids is 1. The summed E-state index contributed by atoms with van der Waals surface area (Å²) in [6, 6.07) is 8.90. The molecule has 2 amide bonds. The average Bonchev–Trinajstić information content (AvgIpc) is 3.19. The number of urea groups is 1. The van der Waals surface area contributed by atoms with Gasteiger partial charge in [-0.25, -0.2) is 4.79 Å². The van der Waals surface area contributed by atoms with Gasteiger partial charge in [-0.1, -0.05) is 44.1 Å². The van der Waals surface area contributed by atoms with Crippen LogP contribution in [0.15, 0.2) is 39.3 Å². The molecule has 3 rings (SSSR count). The Hall–Kier alpha value is -2.83. The predicted molar refractivity (Wildman–Crippen MR) is 93.0 cm³/mol. The highest BCUT2D eigenvalue weighted by atomic mass is 16.5. The van der Waals surface area contributed by atoms with E-state index in [9.17, 15) is 4.79 Å². The number of benzene rings is 1. The lowest BCUT2D eigenvalue weighted by Crippen LogP contribution is -2.36. The second-order valence-corrected chi connectivity index (χ2v) is 7.01. The van der Waals surface area contributed by atoms with Crippen LogP contribution in [-0.2, 0) is 12.0 Å². The fourth-order valence-electron chi connectivity index (χ4n) is 2.32. The van der Waals surface area contributed by atoms with Gasteiger partial charge in [0.15, 0.2) is 5.82 Å². The van der Waals surface area contributed by atoms with E-state index in [1.54, 1.807) is 6.92 Å². The molecule has 1 unspecified atom stereocenters. The second kappa shape index (κ2) is 6.58. The average molecular weight is 342 g/mol. The van der Waals surface area contributed by atoms with Crippen molar-refractivity contribution in [2.45, 2.75) is 45.7 Å². The Morgan fingerprint density at radius 1 is 1.28 bits per heavy atom. The van der Waals surface area contributed by atoms with Gasteiger partial charge in [0.2, 0.25) is 5.89 Å². The third kappa shape index (κ3) is 3.99. The van der Waals surface area contributed by atoms with Crippen LogP contribution < -0.4 is 10.6 Å². The van der Waals surface area contributed by atoms with Crippen molar-refractivity contribution in [1.82, 2.24) is 20.8 Å². The van der Waals surface area contributed by atoms with Gasteiger partial charge in [0.25, 0.3) is 0 Å². The Morgan fingerprint density at radius 2 is 2.04 bits per heavy atom. The topological polar surface area (TPSA) is 93.2 Å². The van der Waals surface area contributed by atoms with Gasteiger partial charge >= 0.3 is 6.03 Å². The maximum atomic E-state index is 12.1. The molecule has 7 nitrogen and oxygen atoms in total. The summed E-state index contributed by atoms with van der Waals surface area (Å²) in [5.41, 5.74) is 0.596. The van der Waals surface area contributed by atoms with E-state index in [0.29, 0.717) is 24.0 Å². The maximum absolute atomic E-state index is 12.1. The molecule has 0 saturated heterocycles. The first-order valence-electron chi connectivity index (χ1n) is 8.19. The van der Waals surface area contributed by atoms with Crippen molar-refractivity contribution in [1.29, 1.82) is 0 Å². The quantitative estimate of drug-likeness (QED) is 0.754. The number of amides is 2. The van der Waals surface area contributed by atoms with Crippen molar-refractivity contribution in [3.63, 3.8) is 0 Å². The van der Waals surface area contributed by atoms with Gasteiger partial charge in [0, 0.05) is 10.8 Å². The first-order valence-corrected chi connectivity index (χ1v) is 8.19. The van der Waals surface area contributed by atoms with Crippen LogP contribution >= 0.6 is 0 Å². The second-order valence-electron chi connectivity index (χ2n) is 7.01. The summed E-state index contributed by atoms with van der Waals surface area (Å²) in [5, 5.41) is 10.5. The molecule has 2 heterocycles. The summed E-state index contributed by atoms with van der Waals surface area (Å²) in [5.74, 6) is 1.68. The first-order chi connectivity index (χ1) is 11.8. The maximum Gasteiger partial charge on any atom is 0.315 e. The van der Waals surface area contributed by atoms with Crippen molar-refractivity contribution in [2.24, 2.45) is 0 Å². The zero-order valence-corrected chi connectivity index (χ0v) is 14.8. The van der Waals surface area contributed by atoms with Gasteiger partial charge in [0.1, 0.15) is 17.4 Å². The summed E-state index contributed by atoms with van der Waals surface area (Å²) in [4.78, 5) is 16.4. The Balaban J connectivity index is 1.55. The molecule has 0 radical (unpaired) electrons. The minimum Gasteiger partial charge on any atom is -0.459 e. The molecular formula is C18H22N4O3. The molecule has 2 aromatic heterocycles. The van der Waals surface area contributed by atoms with Gasteiger partial charge in [0.05, 0.1) is 6.54 Å². The number of nitrogens with one attached hydrogen (secondary N) is 2. The van der Waals surface area contributed by atoms with Crippen LogP contribution in [0.1, 0.15) is 51.2 Å². The summed E-state index contributed by atoms with van der Waals surface area (Å²) in [6.07, 6.45) is 0. The number of hydrogen-bond acceptors (Lipinski definition) is 5. The lowest BCUT2D eigenvalue weighted by atomic mass is 9.96. The Labute approximate surface area is 145 Å². The highest BCUT2D eigenvalue weighted by Gasteiger charge is 2.23. The van der Waals surface area contributed by atoms with E-state index >= 15 is 0 Å². The van der Waals surface area contributed by atoms with Crippen molar-refractivity contribution in [3.8, 4) is 0 Å². The summed E-state index contributed by atoms with van der Waals surface area (Å²) in [7, 11) is 0. The lowest BCUT2D eigenvalue weighted by Gasteiger charge is -2.12. The van der Waals surface area contributed by atoms with E-state index in [1.807, 2.05) is 51.1 Å². The molecule has 2 N–H and O–H groups in total. The monoisotopic (exact) mass is 342 g/mol. The Bertz CT molecular complexity index is 843. The van der Waals surface area contributed by atoms with Gasteiger partial charge in [-0.15, -0.1) is 0 Å². The zero-order valence-electron chi connectivity index (χ0n) is 14.8. The molecule has 25 heavy (non-hydrogen) atoms. The van der Waals surface area contributed by atoms with Crippen LogP contribution in [0.3, 0.4) is 0 Å². The molecule has 0 bridgehead atoms. The zero-order chi connectivity index (χ0) is 18.0. The first kappa shape index (κ1) is 17.0. The Morgan fingerprint density at radius 3 is 2.72 bits per heavy atom. The SMILES string of the molecule is CC(NC(=O)NCc1cc2ccccc2o1)c1nc(C(C)(C)C)no1.